The molecule has 0 bridgehead atoms. The lowest BCUT2D eigenvalue weighted by Crippen LogP contribution is -2.10. The first-order chi connectivity index (χ1) is 7.99. The number of hydrogen-bond acceptors (Lipinski definition) is 3. The molecule has 0 amide bonds. The maximum Gasteiger partial charge on any atom is 0.310 e. The number of alkyl halides is 3. The molecule has 1 aromatic heterocycles. The number of pyridine rings is 1. The van der Waals surface area contributed by atoms with Crippen molar-refractivity contribution in [1.29, 1.82) is 0 Å². The molecule has 1 rings (SSSR count). The number of ether oxygens (including phenoxy) is 1. The molecule has 3 nitrogen and oxygen atoms in total. The van der Waals surface area contributed by atoms with Crippen LogP contribution in [0.15, 0.2) is 6.07 Å². The SMILES string of the molecule is COC(=O)Cc1cc(CCl)c(F)nc1C(F)F. The minimum Gasteiger partial charge on any atom is -0.469 e. The molecular formula is C10H9ClF3NO2. The van der Waals surface area contributed by atoms with Crippen LogP contribution in [0.25, 0.3) is 0 Å². The number of halogens is 4. The highest BCUT2D eigenvalue weighted by Crippen LogP contribution is 2.24. The summed E-state index contributed by atoms with van der Waals surface area (Å²) in [6.07, 6.45) is -3.36. The van der Waals surface area contributed by atoms with E-state index < -0.39 is 30.5 Å². The van der Waals surface area contributed by atoms with Gasteiger partial charge in [0.05, 0.1) is 19.4 Å². The molecule has 94 valence electrons. The molecule has 0 aromatic carbocycles. The Labute approximate surface area is 101 Å². The van der Waals surface area contributed by atoms with E-state index in [-0.39, 0.29) is 17.0 Å². The Kier molecular flexibility index (Phi) is 4.74. The largest absolute Gasteiger partial charge is 0.469 e. The van der Waals surface area contributed by atoms with Gasteiger partial charge in [-0.3, -0.25) is 4.79 Å². The number of methoxy groups -OCH3 is 1. The molecule has 0 aliphatic rings. The molecule has 0 aliphatic carbocycles. The zero-order valence-electron chi connectivity index (χ0n) is 8.84. The average molecular weight is 268 g/mol. The van der Waals surface area contributed by atoms with Crippen LogP contribution in [0.5, 0.6) is 0 Å². The third kappa shape index (κ3) is 3.33. The molecule has 0 saturated heterocycles. The molecule has 0 radical (unpaired) electrons. The van der Waals surface area contributed by atoms with Gasteiger partial charge in [0.2, 0.25) is 5.95 Å². The summed E-state index contributed by atoms with van der Waals surface area (Å²) in [6, 6.07) is 1.10. The third-order valence-corrected chi connectivity index (χ3v) is 2.36. The van der Waals surface area contributed by atoms with Crippen molar-refractivity contribution < 1.29 is 22.7 Å². The summed E-state index contributed by atoms with van der Waals surface area (Å²) in [4.78, 5) is 14.1. The van der Waals surface area contributed by atoms with Crippen molar-refractivity contribution >= 4 is 17.6 Å². The lowest BCUT2D eigenvalue weighted by Gasteiger charge is -2.09. The molecule has 0 aliphatic heterocycles. The number of rotatable bonds is 4. The van der Waals surface area contributed by atoms with Crippen molar-refractivity contribution in [3.63, 3.8) is 0 Å². The Morgan fingerprint density at radius 3 is 2.65 bits per heavy atom. The van der Waals surface area contributed by atoms with Crippen LogP contribution in [0.4, 0.5) is 13.2 Å². The number of hydrogen-bond donors (Lipinski definition) is 0. The van der Waals surface area contributed by atoms with Crippen LogP contribution in [0.2, 0.25) is 0 Å². The first kappa shape index (κ1) is 13.8. The summed E-state index contributed by atoms with van der Waals surface area (Å²) in [5, 5.41) is 0. The summed E-state index contributed by atoms with van der Waals surface area (Å²) in [5.41, 5.74) is -0.874. The van der Waals surface area contributed by atoms with E-state index in [4.69, 9.17) is 11.6 Å². The third-order valence-electron chi connectivity index (χ3n) is 2.07. The van der Waals surface area contributed by atoms with Crippen molar-refractivity contribution in [1.82, 2.24) is 4.98 Å². The molecule has 1 heterocycles. The van der Waals surface area contributed by atoms with E-state index in [1.54, 1.807) is 0 Å². The Morgan fingerprint density at radius 1 is 1.53 bits per heavy atom. The average Bonchev–Trinajstić information content (AvgIpc) is 2.30. The van der Waals surface area contributed by atoms with Crippen LogP contribution >= 0.6 is 11.6 Å². The van der Waals surface area contributed by atoms with Gasteiger partial charge in [0.1, 0.15) is 5.69 Å². The fourth-order valence-corrected chi connectivity index (χ4v) is 1.43. The van der Waals surface area contributed by atoms with E-state index in [1.807, 2.05) is 0 Å². The Hall–Kier alpha value is -1.30. The Bertz CT molecular complexity index is 426. The van der Waals surface area contributed by atoms with Crippen molar-refractivity contribution in [2.75, 3.05) is 7.11 Å². The molecule has 0 fully saturated rings. The van der Waals surface area contributed by atoms with Crippen molar-refractivity contribution in [2.45, 2.75) is 18.7 Å². The second kappa shape index (κ2) is 5.86. The number of aromatic nitrogens is 1. The fourth-order valence-electron chi connectivity index (χ4n) is 1.25. The van der Waals surface area contributed by atoms with Gasteiger partial charge in [-0.15, -0.1) is 11.6 Å². The number of nitrogens with zero attached hydrogens (tertiary/aromatic N) is 1. The minimum atomic E-state index is -2.96. The van der Waals surface area contributed by atoms with E-state index in [0.29, 0.717) is 0 Å². The van der Waals surface area contributed by atoms with Gasteiger partial charge in [0.15, 0.2) is 0 Å². The molecule has 0 atom stereocenters. The molecule has 0 N–H and O–H groups in total. The highest BCUT2D eigenvalue weighted by molar-refractivity contribution is 6.17. The molecule has 0 saturated carbocycles. The summed E-state index contributed by atoms with van der Waals surface area (Å²) in [7, 11) is 1.13. The van der Waals surface area contributed by atoms with E-state index in [1.165, 1.54) is 0 Å². The lowest BCUT2D eigenvalue weighted by molar-refractivity contribution is -0.139. The molecule has 0 unspecified atom stereocenters. The van der Waals surface area contributed by atoms with Gasteiger partial charge in [-0.2, -0.15) is 4.39 Å². The lowest BCUT2D eigenvalue weighted by atomic mass is 10.1. The van der Waals surface area contributed by atoms with E-state index in [2.05, 4.69) is 9.72 Å². The van der Waals surface area contributed by atoms with Crippen LogP contribution in [-0.4, -0.2) is 18.1 Å². The summed E-state index contributed by atoms with van der Waals surface area (Å²) < 4.78 is 42.7. The van der Waals surface area contributed by atoms with Gasteiger partial charge in [0.25, 0.3) is 6.43 Å². The number of carbonyl (C=O) groups is 1. The van der Waals surface area contributed by atoms with E-state index >= 15 is 0 Å². The first-order valence-electron chi connectivity index (χ1n) is 4.58. The van der Waals surface area contributed by atoms with Gasteiger partial charge in [-0.25, -0.2) is 13.8 Å². The van der Waals surface area contributed by atoms with Crippen LogP contribution < -0.4 is 0 Å². The van der Waals surface area contributed by atoms with Crippen LogP contribution in [0.3, 0.4) is 0 Å². The minimum absolute atomic E-state index is 0.0324. The highest BCUT2D eigenvalue weighted by Gasteiger charge is 2.20. The normalized spacial score (nSPS) is 10.7. The smallest absolute Gasteiger partial charge is 0.310 e. The number of carbonyl (C=O) groups excluding carboxylic acids is 1. The monoisotopic (exact) mass is 267 g/mol. The fraction of sp³-hybridized carbons (Fsp3) is 0.400. The van der Waals surface area contributed by atoms with Gasteiger partial charge >= 0.3 is 5.97 Å². The Morgan fingerprint density at radius 2 is 2.18 bits per heavy atom. The summed E-state index contributed by atoms with van der Waals surface area (Å²) >= 11 is 5.42. The topological polar surface area (TPSA) is 39.2 Å². The van der Waals surface area contributed by atoms with Gasteiger partial charge in [-0.1, -0.05) is 0 Å². The van der Waals surface area contributed by atoms with Crippen LogP contribution in [0.1, 0.15) is 23.2 Å². The Balaban J connectivity index is 3.19. The van der Waals surface area contributed by atoms with Gasteiger partial charge in [0, 0.05) is 5.56 Å². The molecule has 7 heteroatoms. The van der Waals surface area contributed by atoms with Crippen LogP contribution in [0, 0.1) is 5.95 Å². The maximum atomic E-state index is 13.2. The quantitative estimate of drug-likeness (QED) is 0.478. The van der Waals surface area contributed by atoms with E-state index in [0.717, 1.165) is 13.2 Å². The standard InChI is InChI=1S/C10H9ClF3NO2/c1-17-7(16)3-5-2-6(4-11)10(14)15-8(5)9(12)13/h2,9H,3-4H2,1H3. The predicted molar refractivity (Wildman–Crippen MR) is 54.4 cm³/mol. The molecule has 1 aromatic rings. The van der Waals surface area contributed by atoms with Gasteiger partial charge in [-0.05, 0) is 11.6 Å². The summed E-state index contributed by atoms with van der Waals surface area (Å²) in [6.45, 7) is 0. The van der Waals surface area contributed by atoms with Crippen molar-refractivity contribution in [2.24, 2.45) is 0 Å². The maximum absolute atomic E-state index is 13.2. The predicted octanol–water partition coefficient (Wildman–Crippen LogP) is 2.61. The zero-order valence-corrected chi connectivity index (χ0v) is 9.60. The highest BCUT2D eigenvalue weighted by atomic mass is 35.5. The van der Waals surface area contributed by atoms with Gasteiger partial charge < -0.3 is 4.74 Å². The molecular weight excluding hydrogens is 259 g/mol. The first-order valence-corrected chi connectivity index (χ1v) is 5.12. The van der Waals surface area contributed by atoms with E-state index in [9.17, 15) is 18.0 Å². The summed E-state index contributed by atoms with van der Waals surface area (Å²) in [5.74, 6) is -1.97. The number of esters is 1. The van der Waals surface area contributed by atoms with Crippen LogP contribution in [-0.2, 0) is 21.8 Å². The second-order valence-corrected chi connectivity index (χ2v) is 3.44. The second-order valence-electron chi connectivity index (χ2n) is 3.17. The zero-order chi connectivity index (χ0) is 13.0. The molecule has 0 spiro atoms. The molecule has 17 heavy (non-hydrogen) atoms. The van der Waals surface area contributed by atoms with Crippen molar-refractivity contribution in [3.05, 3.63) is 28.8 Å². The van der Waals surface area contributed by atoms with Crippen molar-refractivity contribution in [3.8, 4) is 0 Å².